The molecule has 0 fully saturated rings. The maximum atomic E-state index is 12.8. The van der Waals surface area contributed by atoms with Gasteiger partial charge in [0.2, 0.25) is 5.96 Å². The van der Waals surface area contributed by atoms with Crippen molar-refractivity contribution in [2.24, 2.45) is 4.99 Å². The Morgan fingerprint density at radius 3 is 2.26 bits per heavy atom. The van der Waals surface area contributed by atoms with Crippen molar-refractivity contribution in [3.63, 3.8) is 0 Å². The van der Waals surface area contributed by atoms with Gasteiger partial charge >= 0.3 is 12.1 Å². The van der Waals surface area contributed by atoms with Crippen LogP contribution in [0.4, 0.5) is 24.8 Å². The van der Waals surface area contributed by atoms with Crippen molar-refractivity contribution in [2.45, 2.75) is 26.9 Å². The fourth-order valence-corrected chi connectivity index (χ4v) is 4.18. The summed E-state index contributed by atoms with van der Waals surface area (Å²) >= 11 is 1.55. The summed E-state index contributed by atoms with van der Waals surface area (Å²) in [5, 5.41) is 5.26. The van der Waals surface area contributed by atoms with Crippen LogP contribution in [0.25, 0.3) is 20.8 Å². The maximum Gasteiger partial charge on any atom is 0.471 e. The first-order chi connectivity index (χ1) is 16.1. The van der Waals surface area contributed by atoms with Gasteiger partial charge in [-0.15, -0.1) is 11.3 Å². The number of alkyl halides is 3. The highest BCUT2D eigenvalue weighted by Crippen LogP contribution is 2.31. The number of hydrogen-bond donors (Lipinski definition) is 2. The number of nitrogens with one attached hydrogen (secondary N) is 2. The van der Waals surface area contributed by atoms with Crippen molar-refractivity contribution in [3.05, 3.63) is 65.5 Å². The number of thiazole rings is 1. The molecular formula is C23H19F3N6OS. The molecule has 4 aromatic rings. The second kappa shape index (κ2) is 9.18. The number of benzene rings is 2. The van der Waals surface area contributed by atoms with E-state index >= 15 is 0 Å². The third kappa shape index (κ3) is 5.54. The number of aliphatic imine (C=N–C) groups is 1. The van der Waals surface area contributed by atoms with Gasteiger partial charge in [-0.1, -0.05) is 6.07 Å². The quantitative estimate of drug-likeness (QED) is 0.298. The average molecular weight is 485 g/mol. The summed E-state index contributed by atoms with van der Waals surface area (Å²) in [6, 6.07) is 14.6. The molecule has 2 aromatic heterocycles. The van der Waals surface area contributed by atoms with Gasteiger partial charge in [0, 0.05) is 22.6 Å². The monoisotopic (exact) mass is 484 g/mol. The molecule has 1 amide bonds. The van der Waals surface area contributed by atoms with Crippen LogP contribution in [-0.2, 0) is 4.79 Å². The minimum Gasteiger partial charge on any atom is -0.326 e. The zero-order chi connectivity index (χ0) is 24.5. The van der Waals surface area contributed by atoms with E-state index in [1.54, 1.807) is 60.8 Å². The van der Waals surface area contributed by atoms with Crippen LogP contribution in [0.3, 0.4) is 0 Å². The van der Waals surface area contributed by atoms with Gasteiger partial charge in [-0.3, -0.25) is 10.1 Å². The fourth-order valence-electron chi connectivity index (χ4n) is 3.11. The minimum absolute atomic E-state index is 0.0798. The van der Waals surface area contributed by atoms with Gasteiger partial charge in [0.05, 0.1) is 10.2 Å². The fraction of sp³-hybridized carbons (Fsp3) is 0.174. The highest BCUT2D eigenvalue weighted by molar-refractivity contribution is 7.21. The summed E-state index contributed by atoms with van der Waals surface area (Å²) in [6.45, 7) is 5.42. The van der Waals surface area contributed by atoms with Crippen LogP contribution in [0, 0.1) is 20.8 Å². The molecule has 0 aliphatic heterocycles. The number of aromatic nitrogens is 3. The maximum absolute atomic E-state index is 12.8. The summed E-state index contributed by atoms with van der Waals surface area (Å²) in [4.78, 5) is 28.3. The average Bonchev–Trinajstić information content (AvgIpc) is 3.16. The number of anilines is 1. The highest BCUT2D eigenvalue weighted by Gasteiger charge is 2.39. The van der Waals surface area contributed by atoms with Gasteiger partial charge in [0.1, 0.15) is 5.01 Å². The van der Waals surface area contributed by atoms with Crippen molar-refractivity contribution in [1.82, 2.24) is 20.3 Å². The largest absolute Gasteiger partial charge is 0.471 e. The Morgan fingerprint density at radius 2 is 1.62 bits per heavy atom. The topological polar surface area (TPSA) is 92.2 Å². The number of amides is 1. The number of halogens is 3. The van der Waals surface area contributed by atoms with Crippen molar-refractivity contribution >= 4 is 45.1 Å². The van der Waals surface area contributed by atoms with Gasteiger partial charge in [0.15, 0.2) is 0 Å². The number of aryl methyl sites for hydroxylation is 3. The van der Waals surface area contributed by atoms with E-state index in [1.165, 1.54) is 0 Å². The third-order valence-electron chi connectivity index (χ3n) is 4.61. The van der Waals surface area contributed by atoms with Crippen LogP contribution < -0.4 is 10.6 Å². The van der Waals surface area contributed by atoms with Crippen molar-refractivity contribution < 1.29 is 18.0 Å². The molecule has 0 unspecified atom stereocenters. The number of nitrogens with zero attached hydrogens (tertiary/aromatic N) is 4. The lowest BCUT2D eigenvalue weighted by molar-refractivity contribution is -0.171. The molecule has 0 bridgehead atoms. The molecule has 2 N–H and O–H groups in total. The second-order valence-corrected chi connectivity index (χ2v) is 8.59. The lowest BCUT2D eigenvalue weighted by Gasteiger charge is -2.13. The number of hydrogen-bond acceptors (Lipinski definition) is 6. The smallest absolute Gasteiger partial charge is 0.326 e. The van der Waals surface area contributed by atoms with Crippen LogP contribution in [0.15, 0.2) is 53.5 Å². The molecule has 4 rings (SSSR count). The Balaban J connectivity index is 1.61. The van der Waals surface area contributed by atoms with E-state index < -0.39 is 18.0 Å². The molecule has 0 atom stereocenters. The van der Waals surface area contributed by atoms with Crippen LogP contribution in [0.2, 0.25) is 0 Å². The van der Waals surface area contributed by atoms with E-state index in [4.69, 9.17) is 0 Å². The zero-order valence-corrected chi connectivity index (χ0v) is 19.2. The van der Waals surface area contributed by atoms with Crippen molar-refractivity contribution in [1.29, 1.82) is 0 Å². The van der Waals surface area contributed by atoms with E-state index in [0.29, 0.717) is 17.1 Å². The molecule has 2 heterocycles. The first-order valence-corrected chi connectivity index (χ1v) is 10.9. The van der Waals surface area contributed by atoms with E-state index in [9.17, 15) is 18.0 Å². The van der Waals surface area contributed by atoms with Gasteiger partial charge in [-0.2, -0.15) is 18.2 Å². The third-order valence-corrected chi connectivity index (χ3v) is 5.68. The van der Waals surface area contributed by atoms with Crippen molar-refractivity contribution in [2.75, 3.05) is 5.32 Å². The number of carbonyl (C=O) groups excluding carboxylic acids is 1. The van der Waals surface area contributed by atoms with E-state index in [0.717, 1.165) is 26.4 Å². The predicted molar refractivity (Wildman–Crippen MR) is 126 cm³/mol. The summed E-state index contributed by atoms with van der Waals surface area (Å²) in [6.07, 6.45) is -5.08. The van der Waals surface area contributed by atoms with Gasteiger partial charge in [-0.25, -0.2) is 15.0 Å². The Hall–Kier alpha value is -3.86. The van der Waals surface area contributed by atoms with Crippen LogP contribution >= 0.6 is 11.3 Å². The van der Waals surface area contributed by atoms with Gasteiger partial charge in [0.25, 0.3) is 5.95 Å². The Labute approximate surface area is 196 Å². The molecule has 0 spiro atoms. The van der Waals surface area contributed by atoms with E-state index in [2.05, 4.69) is 31.3 Å². The number of rotatable bonds is 3. The summed E-state index contributed by atoms with van der Waals surface area (Å²) in [5.41, 5.74) is 4.46. The normalized spacial score (nSPS) is 12.1. The zero-order valence-electron chi connectivity index (χ0n) is 18.4. The summed E-state index contributed by atoms with van der Waals surface area (Å²) in [5.74, 6) is -2.69. The summed E-state index contributed by atoms with van der Waals surface area (Å²) < 4.78 is 39.6. The lowest BCUT2D eigenvalue weighted by atomic mass is 10.2. The summed E-state index contributed by atoms with van der Waals surface area (Å²) in [7, 11) is 0. The van der Waals surface area contributed by atoms with Crippen molar-refractivity contribution in [3.8, 4) is 10.6 Å². The molecule has 2 aromatic carbocycles. The second-order valence-electron chi connectivity index (χ2n) is 7.56. The van der Waals surface area contributed by atoms with Gasteiger partial charge in [-0.05, 0) is 68.8 Å². The molecule has 174 valence electrons. The van der Waals surface area contributed by atoms with E-state index in [-0.39, 0.29) is 5.95 Å². The van der Waals surface area contributed by atoms with Crippen LogP contribution in [-0.4, -0.2) is 33.0 Å². The Bertz CT molecular complexity index is 1380. The molecule has 34 heavy (non-hydrogen) atoms. The Morgan fingerprint density at radius 1 is 0.941 bits per heavy atom. The standard InChI is InChI=1S/C23H19F3N6OS/c1-12-4-9-17-18(10-12)34-19(30-17)15-5-7-16(8-6-15)29-22(31-20(33)23(24,25)26)32-21-27-13(2)11-14(3)28-21/h4-11H,1-3H3,(H2,27,28,29,31,32,33). The van der Waals surface area contributed by atoms with Gasteiger partial charge < -0.3 is 5.32 Å². The molecule has 0 aliphatic rings. The first kappa shape index (κ1) is 23.3. The molecule has 0 saturated carbocycles. The molecular weight excluding hydrogens is 465 g/mol. The lowest BCUT2D eigenvalue weighted by Crippen LogP contribution is -2.43. The first-order valence-electron chi connectivity index (χ1n) is 10.1. The minimum atomic E-state index is -5.08. The SMILES string of the molecule is Cc1ccc2nc(-c3ccc(N/C(=N\c4nc(C)cc(C)n4)NC(=O)C(F)(F)F)cc3)sc2c1. The van der Waals surface area contributed by atoms with Crippen LogP contribution in [0.5, 0.6) is 0 Å². The molecule has 7 nitrogen and oxygen atoms in total. The number of carbonyl (C=O) groups is 1. The molecule has 0 saturated heterocycles. The molecule has 0 aliphatic carbocycles. The predicted octanol–water partition coefficient (Wildman–Crippen LogP) is 5.46. The van der Waals surface area contributed by atoms with E-state index in [1.807, 2.05) is 19.1 Å². The highest BCUT2D eigenvalue weighted by atomic mass is 32.1. The number of fused-ring (bicyclic) bond motifs is 1. The molecule has 0 radical (unpaired) electrons. The van der Waals surface area contributed by atoms with Crippen LogP contribution in [0.1, 0.15) is 17.0 Å². The number of guanidine groups is 1. The Kier molecular flexibility index (Phi) is 6.29. The molecule has 11 heteroatoms.